The number of hydrogen-bond acceptors (Lipinski definition) is 8. The maximum atomic E-state index is 12.5. The second kappa shape index (κ2) is 8.91. The second-order valence-electron chi connectivity index (χ2n) is 5.50. The maximum Gasteiger partial charge on any atom is 0.573 e. The molecule has 0 aliphatic rings. The predicted molar refractivity (Wildman–Crippen MR) is 97.2 cm³/mol. The first kappa shape index (κ1) is 21.2. The Morgan fingerprint density at radius 2 is 1.93 bits per heavy atom. The third-order valence-electron chi connectivity index (χ3n) is 3.36. The van der Waals surface area contributed by atoms with E-state index < -0.39 is 18.1 Å². The van der Waals surface area contributed by atoms with Gasteiger partial charge in [0, 0.05) is 5.56 Å². The van der Waals surface area contributed by atoms with Crippen LogP contribution in [-0.2, 0) is 4.74 Å². The van der Waals surface area contributed by atoms with Crippen LogP contribution in [0.2, 0.25) is 5.15 Å². The number of carbonyl (C=O) groups is 1. The molecule has 30 heavy (non-hydrogen) atoms. The molecular formula is C18H12ClF3N4O4. The number of halogens is 4. The van der Waals surface area contributed by atoms with Crippen LogP contribution in [0.25, 0.3) is 11.4 Å². The Morgan fingerprint density at radius 3 is 2.60 bits per heavy atom. The number of alkyl halides is 3. The zero-order chi connectivity index (χ0) is 21.7. The third kappa shape index (κ3) is 5.54. The summed E-state index contributed by atoms with van der Waals surface area (Å²) in [5, 5.41) is 7.78. The molecule has 0 unspecified atom stereocenters. The molecule has 0 aliphatic carbocycles. The Bertz CT molecular complexity index is 1050. The van der Waals surface area contributed by atoms with Crippen LogP contribution in [0.15, 0.2) is 42.6 Å². The summed E-state index contributed by atoms with van der Waals surface area (Å²) in [5.74, 6) is -1.50. The molecule has 156 valence electrons. The second-order valence-corrected chi connectivity index (χ2v) is 5.89. The van der Waals surface area contributed by atoms with E-state index in [9.17, 15) is 18.0 Å². The van der Waals surface area contributed by atoms with Crippen molar-refractivity contribution in [3.05, 3.63) is 53.4 Å². The summed E-state index contributed by atoms with van der Waals surface area (Å²) in [7, 11) is 0. The van der Waals surface area contributed by atoms with Crippen molar-refractivity contribution in [1.29, 1.82) is 0 Å². The lowest BCUT2D eigenvalue weighted by molar-refractivity contribution is -0.274. The minimum atomic E-state index is -4.86. The number of benzene rings is 1. The monoisotopic (exact) mass is 440 g/mol. The average molecular weight is 441 g/mol. The zero-order valence-corrected chi connectivity index (χ0v) is 15.9. The Labute approximate surface area is 172 Å². The van der Waals surface area contributed by atoms with E-state index in [0.717, 1.165) is 12.1 Å². The highest BCUT2D eigenvalue weighted by Crippen LogP contribution is 2.29. The van der Waals surface area contributed by atoms with Gasteiger partial charge in [0.05, 0.1) is 12.8 Å². The summed E-state index contributed by atoms with van der Waals surface area (Å²) in [5.41, 5.74) is -0.169. The fourth-order valence-electron chi connectivity index (χ4n) is 2.20. The lowest BCUT2D eigenvalue weighted by atomic mass is 10.2. The van der Waals surface area contributed by atoms with Gasteiger partial charge in [0.2, 0.25) is 5.69 Å². The molecule has 0 amide bonds. The number of carbonyl (C=O) groups excluding carboxylic acids is 1. The standard InChI is InChI=1S/C18H12ClF3N4O4/c1-2-28-17(27)14-16(29-12-6-7-13(19)23-9-12)24-15(26-25-14)10-4-3-5-11(8-10)30-18(20,21)22/h3-9H,2H2,1H3. The molecule has 3 aromatic rings. The minimum Gasteiger partial charge on any atom is -0.461 e. The van der Waals surface area contributed by atoms with Gasteiger partial charge in [0.25, 0.3) is 5.88 Å². The summed E-state index contributed by atoms with van der Waals surface area (Å²) in [4.78, 5) is 20.1. The van der Waals surface area contributed by atoms with Crippen molar-refractivity contribution < 1.29 is 32.2 Å². The molecule has 8 nitrogen and oxygen atoms in total. The van der Waals surface area contributed by atoms with Crippen LogP contribution in [0.1, 0.15) is 17.4 Å². The summed E-state index contributed by atoms with van der Waals surface area (Å²) in [6.07, 6.45) is -3.57. The summed E-state index contributed by atoms with van der Waals surface area (Å²) < 4.78 is 51.8. The number of ether oxygens (including phenoxy) is 3. The van der Waals surface area contributed by atoms with Gasteiger partial charge in [-0.2, -0.15) is 4.98 Å². The highest BCUT2D eigenvalue weighted by atomic mass is 35.5. The summed E-state index contributed by atoms with van der Waals surface area (Å²) in [6.45, 7) is 1.67. The number of aromatic nitrogens is 4. The van der Waals surface area contributed by atoms with Crippen molar-refractivity contribution in [3.63, 3.8) is 0 Å². The molecule has 2 heterocycles. The molecule has 0 atom stereocenters. The predicted octanol–water partition coefficient (Wildman–Crippen LogP) is 4.45. The quantitative estimate of drug-likeness (QED) is 0.409. The van der Waals surface area contributed by atoms with E-state index in [4.69, 9.17) is 21.1 Å². The Morgan fingerprint density at radius 1 is 1.13 bits per heavy atom. The first-order chi connectivity index (χ1) is 14.2. The van der Waals surface area contributed by atoms with Crippen molar-refractivity contribution in [2.45, 2.75) is 13.3 Å². The maximum absolute atomic E-state index is 12.5. The van der Waals surface area contributed by atoms with Gasteiger partial charge in [-0.05, 0) is 31.2 Å². The van der Waals surface area contributed by atoms with E-state index in [1.807, 2.05) is 0 Å². The van der Waals surface area contributed by atoms with Gasteiger partial charge in [-0.1, -0.05) is 23.7 Å². The van der Waals surface area contributed by atoms with Crippen LogP contribution in [0, 0.1) is 0 Å². The molecule has 12 heteroatoms. The molecule has 1 aromatic carbocycles. The summed E-state index contributed by atoms with van der Waals surface area (Å²) >= 11 is 5.73. The molecule has 0 radical (unpaired) electrons. The lowest BCUT2D eigenvalue weighted by Gasteiger charge is -2.11. The molecule has 0 N–H and O–H groups in total. The van der Waals surface area contributed by atoms with E-state index in [-0.39, 0.29) is 40.5 Å². The van der Waals surface area contributed by atoms with Gasteiger partial charge in [0.15, 0.2) is 5.82 Å². The number of rotatable bonds is 6. The van der Waals surface area contributed by atoms with Gasteiger partial charge in [0.1, 0.15) is 16.7 Å². The van der Waals surface area contributed by atoms with Crippen molar-refractivity contribution in [2.24, 2.45) is 0 Å². The molecule has 2 aromatic heterocycles. The van der Waals surface area contributed by atoms with Crippen LogP contribution < -0.4 is 9.47 Å². The topological polar surface area (TPSA) is 96.3 Å². The molecule has 3 rings (SSSR count). The third-order valence-corrected chi connectivity index (χ3v) is 3.59. The normalized spacial score (nSPS) is 11.1. The molecule has 0 bridgehead atoms. The van der Waals surface area contributed by atoms with E-state index in [1.165, 1.54) is 30.5 Å². The number of nitrogens with zero attached hydrogens (tertiary/aromatic N) is 4. The fraction of sp³-hybridized carbons (Fsp3) is 0.167. The summed E-state index contributed by atoms with van der Waals surface area (Å²) in [6, 6.07) is 7.88. The number of pyridine rings is 1. The Hall–Kier alpha value is -3.47. The van der Waals surface area contributed by atoms with Gasteiger partial charge >= 0.3 is 12.3 Å². The molecule has 0 spiro atoms. The lowest BCUT2D eigenvalue weighted by Crippen LogP contribution is -2.17. The largest absolute Gasteiger partial charge is 0.573 e. The minimum absolute atomic E-state index is 0.0705. The van der Waals surface area contributed by atoms with Gasteiger partial charge in [-0.25, -0.2) is 9.78 Å². The van der Waals surface area contributed by atoms with Gasteiger partial charge < -0.3 is 14.2 Å². The van der Waals surface area contributed by atoms with E-state index >= 15 is 0 Å². The van der Waals surface area contributed by atoms with E-state index in [0.29, 0.717) is 0 Å². The van der Waals surface area contributed by atoms with Gasteiger partial charge in [-0.15, -0.1) is 23.4 Å². The van der Waals surface area contributed by atoms with Crippen LogP contribution in [0.4, 0.5) is 13.2 Å². The smallest absolute Gasteiger partial charge is 0.461 e. The number of esters is 1. The van der Waals surface area contributed by atoms with Crippen LogP contribution in [0.5, 0.6) is 17.4 Å². The van der Waals surface area contributed by atoms with Crippen molar-refractivity contribution in [1.82, 2.24) is 20.2 Å². The SMILES string of the molecule is CCOC(=O)c1nnc(-c2cccc(OC(F)(F)F)c2)nc1Oc1ccc(Cl)nc1. The zero-order valence-electron chi connectivity index (χ0n) is 15.2. The molecule has 0 fully saturated rings. The Kier molecular flexibility index (Phi) is 6.31. The molecule has 0 saturated carbocycles. The average Bonchev–Trinajstić information content (AvgIpc) is 2.69. The molecule has 0 saturated heterocycles. The van der Waals surface area contributed by atoms with Crippen LogP contribution >= 0.6 is 11.6 Å². The first-order valence-corrected chi connectivity index (χ1v) is 8.70. The van der Waals surface area contributed by atoms with Crippen molar-refractivity contribution >= 4 is 17.6 Å². The van der Waals surface area contributed by atoms with Gasteiger partial charge in [-0.3, -0.25) is 0 Å². The first-order valence-electron chi connectivity index (χ1n) is 8.32. The van der Waals surface area contributed by atoms with Crippen molar-refractivity contribution in [2.75, 3.05) is 6.61 Å². The Balaban J connectivity index is 1.99. The van der Waals surface area contributed by atoms with E-state index in [2.05, 4.69) is 24.9 Å². The highest BCUT2D eigenvalue weighted by Gasteiger charge is 2.31. The van der Waals surface area contributed by atoms with Crippen molar-refractivity contribution in [3.8, 4) is 28.8 Å². The molecular weight excluding hydrogens is 429 g/mol. The fourth-order valence-corrected chi connectivity index (χ4v) is 2.31. The van der Waals surface area contributed by atoms with E-state index in [1.54, 1.807) is 6.92 Å². The highest BCUT2D eigenvalue weighted by molar-refractivity contribution is 6.29. The molecule has 0 aliphatic heterocycles. The number of hydrogen-bond donors (Lipinski definition) is 0. The van der Waals surface area contributed by atoms with Crippen LogP contribution in [-0.4, -0.2) is 39.1 Å². The van der Waals surface area contributed by atoms with Crippen LogP contribution in [0.3, 0.4) is 0 Å².